The summed E-state index contributed by atoms with van der Waals surface area (Å²) in [4.78, 5) is 14.8. The topological polar surface area (TPSA) is 79.0 Å². The molecule has 1 saturated heterocycles. The molecule has 8 heteroatoms. The van der Waals surface area contributed by atoms with Gasteiger partial charge in [0, 0.05) is 37.4 Å². The van der Waals surface area contributed by atoms with Gasteiger partial charge in [-0.3, -0.25) is 4.79 Å². The summed E-state index contributed by atoms with van der Waals surface area (Å²) in [6.07, 6.45) is 0. The first-order valence-electron chi connectivity index (χ1n) is 10.8. The number of aryl methyl sites for hydroxylation is 1. The van der Waals surface area contributed by atoms with E-state index in [0.717, 1.165) is 11.4 Å². The van der Waals surface area contributed by atoms with Gasteiger partial charge in [-0.15, -0.1) is 0 Å². The fourth-order valence-electron chi connectivity index (χ4n) is 3.93. The first kappa shape index (κ1) is 22.8. The molecule has 7 nitrogen and oxygen atoms in total. The number of rotatable bonds is 6. The molecule has 33 heavy (non-hydrogen) atoms. The first-order valence-corrected chi connectivity index (χ1v) is 12.2. The van der Waals surface area contributed by atoms with Crippen molar-refractivity contribution in [3.63, 3.8) is 0 Å². The van der Waals surface area contributed by atoms with Crippen molar-refractivity contribution in [2.45, 2.75) is 11.8 Å². The predicted molar refractivity (Wildman–Crippen MR) is 130 cm³/mol. The summed E-state index contributed by atoms with van der Waals surface area (Å²) in [5.74, 6) is 0.541. The Kier molecular flexibility index (Phi) is 6.67. The van der Waals surface area contributed by atoms with Crippen LogP contribution in [0.25, 0.3) is 0 Å². The van der Waals surface area contributed by atoms with Crippen LogP contribution in [0.15, 0.2) is 77.7 Å². The van der Waals surface area contributed by atoms with Gasteiger partial charge in [-0.25, -0.2) is 8.42 Å². The first-order chi connectivity index (χ1) is 15.9. The SMILES string of the molecule is COc1ccccc1N1CCN(S(=O)(=O)c2ccc(NC(=O)c3ccccc3)c(C)c2)CC1. The smallest absolute Gasteiger partial charge is 0.255 e. The average molecular weight is 466 g/mol. The number of hydrogen-bond donors (Lipinski definition) is 1. The second-order valence-corrected chi connectivity index (χ2v) is 9.80. The minimum atomic E-state index is -3.64. The van der Waals surface area contributed by atoms with E-state index in [1.165, 1.54) is 4.31 Å². The number of amides is 1. The summed E-state index contributed by atoms with van der Waals surface area (Å²) in [6.45, 7) is 3.70. The van der Waals surface area contributed by atoms with E-state index < -0.39 is 10.0 Å². The van der Waals surface area contributed by atoms with Gasteiger partial charge < -0.3 is 15.0 Å². The molecule has 0 radical (unpaired) electrons. The molecule has 1 aliphatic rings. The van der Waals surface area contributed by atoms with Crippen molar-refractivity contribution in [1.82, 2.24) is 4.31 Å². The average Bonchev–Trinajstić information content (AvgIpc) is 2.85. The molecule has 1 heterocycles. The molecule has 0 bridgehead atoms. The summed E-state index contributed by atoms with van der Waals surface area (Å²) < 4.78 is 33.5. The molecule has 1 N–H and O–H groups in total. The number of nitrogens with zero attached hydrogens (tertiary/aromatic N) is 2. The third kappa shape index (κ3) is 4.86. The number of para-hydroxylation sites is 2. The van der Waals surface area contributed by atoms with Crippen LogP contribution >= 0.6 is 0 Å². The number of nitrogens with one attached hydrogen (secondary N) is 1. The van der Waals surface area contributed by atoms with Crippen LogP contribution in [-0.2, 0) is 10.0 Å². The summed E-state index contributed by atoms with van der Waals surface area (Å²) in [5.41, 5.74) is 2.78. The third-order valence-electron chi connectivity index (χ3n) is 5.78. The lowest BCUT2D eigenvalue weighted by atomic mass is 10.1. The van der Waals surface area contributed by atoms with E-state index in [-0.39, 0.29) is 10.8 Å². The van der Waals surface area contributed by atoms with Crippen molar-refractivity contribution >= 4 is 27.3 Å². The zero-order chi connectivity index (χ0) is 23.4. The van der Waals surface area contributed by atoms with Gasteiger partial charge in [0.05, 0.1) is 17.7 Å². The fourth-order valence-corrected chi connectivity index (χ4v) is 5.44. The van der Waals surface area contributed by atoms with Gasteiger partial charge in [-0.05, 0) is 55.0 Å². The molecule has 1 aliphatic heterocycles. The van der Waals surface area contributed by atoms with Gasteiger partial charge >= 0.3 is 0 Å². The summed E-state index contributed by atoms with van der Waals surface area (Å²) in [7, 11) is -2.01. The number of piperazine rings is 1. The molecule has 0 aromatic heterocycles. The van der Waals surface area contributed by atoms with Crippen molar-refractivity contribution < 1.29 is 17.9 Å². The Labute approximate surface area is 194 Å². The van der Waals surface area contributed by atoms with Gasteiger partial charge in [0.2, 0.25) is 10.0 Å². The number of sulfonamides is 1. The molecule has 0 saturated carbocycles. The van der Waals surface area contributed by atoms with Gasteiger partial charge in [0.25, 0.3) is 5.91 Å². The van der Waals surface area contributed by atoms with E-state index in [9.17, 15) is 13.2 Å². The van der Waals surface area contributed by atoms with Crippen LogP contribution < -0.4 is 15.0 Å². The van der Waals surface area contributed by atoms with Gasteiger partial charge in [-0.2, -0.15) is 4.31 Å². The maximum absolute atomic E-state index is 13.3. The molecule has 4 rings (SSSR count). The Balaban J connectivity index is 1.45. The summed E-state index contributed by atoms with van der Waals surface area (Å²) in [6, 6.07) is 21.5. The molecular formula is C25H27N3O4S. The number of benzene rings is 3. The van der Waals surface area contributed by atoms with E-state index in [1.807, 2.05) is 30.3 Å². The molecule has 0 unspecified atom stereocenters. The lowest BCUT2D eigenvalue weighted by Gasteiger charge is -2.36. The summed E-state index contributed by atoms with van der Waals surface area (Å²) in [5, 5.41) is 2.85. The number of ether oxygens (including phenoxy) is 1. The molecule has 0 spiro atoms. The lowest BCUT2D eigenvalue weighted by Crippen LogP contribution is -2.48. The Morgan fingerprint density at radius 2 is 1.58 bits per heavy atom. The van der Waals surface area contributed by atoms with Crippen LogP contribution in [0.5, 0.6) is 5.75 Å². The highest BCUT2D eigenvalue weighted by Gasteiger charge is 2.29. The quantitative estimate of drug-likeness (QED) is 0.600. The monoisotopic (exact) mass is 465 g/mol. The van der Waals surface area contributed by atoms with Gasteiger partial charge in [0.15, 0.2) is 0 Å². The van der Waals surface area contributed by atoms with E-state index in [1.54, 1.807) is 56.5 Å². The Hall–Kier alpha value is -3.36. The van der Waals surface area contributed by atoms with Crippen LogP contribution in [0.4, 0.5) is 11.4 Å². The van der Waals surface area contributed by atoms with Gasteiger partial charge in [0.1, 0.15) is 5.75 Å². The Morgan fingerprint density at radius 3 is 2.24 bits per heavy atom. The molecule has 3 aromatic rings. The minimum Gasteiger partial charge on any atom is -0.495 e. The van der Waals surface area contributed by atoms with Crippen LogP contribution in [0.1, 0.15) is 15.9 Å². The second-order valence-electron chi connectivity index (χ2n) is 7.86. The molecule has 1 fully saturated rings. The van der Waals surface area contributed by atoms with E-state index in [4.69, 9.17) is 4.74 Å². The normalized spacial score (nSPS) is 14.7. The minimum absolute atomic E-state index is 0.225. The number of hydrogen-bond acceptors (Lipinski definition) is 5. The van der Waals surface area contributed by atoms with Crippen molar-refractivity contribution in [3.05, 3.63) is 83.9 Å². The molecular weight excluding hydrogens is 438 g/mol. The van der Waals surface area contributed by atoms with Crippen LogP contribution in [0.2, 0.25) is 0 Å². The number of carbonyl (C=O) groups is 1. The van der Waals surface area contributed by atoms with Crippen molar-refractivity contribution in [2.75, 3.05) is 43.5 Å². The molecule has 3 aromatic carbocycles. The Bertz CT molecular complexity index is 1240. The number of anilines is 2. The highest BCUT2D eigenvalue weighted by atomic mass is 32.2. The second kappa shape index (κ2) is 9.64. The van der Waals surface area contributed by atoms with Crippen molar-refractivity contribution in [2.24, 2.45) is 0 Å². The maximum atomic E-state index is 13.3. The third-order valence-corrected chi connectivity index (χ3v) is 7.68. The largest absolute Gasteiger partial charge is 0.495 e. The van der Waals surface area contributed by atoms with Gasteiger partial charge in [-0.1, -0.05) is 30.3 Å². The molecule has 1 amide bonds. The molecule has 172 valence electrons. The lowest BCUT2D eigenvalue weighted by molar-refractivity contribution is 0.102. The van der Waals surface area contributed by atoms with E-state index in [2.05, 4.69) is 10.2 Å². The van der Waals surface area contributed by atoms with Crippen LogP contribution in [0.3, 0.4) is 0 Å². The number of methoxy groups -OCH3 is 1. The van der Waals surface area contributed by atoms with Crippen LogP contribution in [-0.4, -0.2) is 51.9 Å². The maximum Gasteiger partial charge on any atom is 0.255 e. The van der Waals surface area contributed by atoms with Crippen molar-refractivity contribution in [3.8, 4) is 5.75 Å². The summed E-state index contributed by atoms with van der Waals surface area (Å²) >= 11 is 0. The van der Waals surface area contributed by atoms with Crippen LogP contribution in [0, 0.1) is 6.92 Å². The predicted octanol–water partition coefficient (Wildman–Crippen LogP) is 3.77. The molecule has 0 atom stereocenters. The number of carbonyl (C=O) groups excluding carboxylic acids is 1. The highest BCUT2D eigenvalue weighted by molar-refractivity contribution is 7.89. The van der Waals surface area contributed by atoms with E-state index >= 15 is 0 Å². The van der Waals surface area contributed by atoms with E-state index in [0.29, 0.717) is 43.0 Å². The van der Waals surface area contributed by atoms with Crippen molar-refractivity contribution in [1.29, 1.82) is 0 Å². The Morgan fingerprint density at radius 1 is 0.909 bits per heavy atom. The highest BCUT2D eigenvalue weighted by Crippen LogP contribution is 2.30. The fraction of sp³-hybridized carbons (Fsp3) is 0.240. The zero-order valence-electron chi connectivity index (χ0n) is 18.7. The molecule has 0 aliphatic carbocycles. The zero-order valence-corrected chi connectivity index (χ0v) is 19.5. The standard InChI is InChI=1S/C25H27N3O4S/c1-19-18-21(12-13-22(19)26-25(29)20-8-4-3-5-9-20)33(30,31)28-16-14-27(15-17-28)23-10-6-7-11-24(23)32-2/h3-13,18H,14-17H2,1-2H3,(H,26,29).